The molecule has 0 amide bonds. The number of allylic oxidation sites excluding steroid dienone is 6. The van der Waals surface area contributed by atoms with Gasteiger partial charge in [0, 0.05) is 30.3 Å². The molecule has 116 valence electrons. The van der Waals surface area contributed by atoms with Crippen molar-refractivity contribution in [2.24, 2.45) is 5.92 Å². The van der Waals surface area contributed by atoms with E-state index < -0.39 is 5.82 Å². The zero-order chi connectivity index (χ0) is 16.3. The molecule has 1 aromatic heterocycles. The first-order chi connectivity index (χ1) is 10.5. The molecule has 2 rings (SSSR count). The van der Waals surface area contributed by atoms with Gasteiger partial charge in [-0.2, -0.15) is 0 Å². The Balaban J connectivity index is 2.57. The van der Waals surface area contributed by atoms with Crippen LogP contribution in [0.4, 0.5) is 4.39 Å². The molecule has 0 saturated heterocycles. The molecule has 0 spiro atoms. The van der Waals surface area contributed by atoms with E-state index in [0.29, 0.717) is 23.5 Å². The van der Waals surface area contributed by atoms with Crippen molar-refractivity contribution in [1.82, 2.24) is 15.3 Å². The molecule has 0 unspecified atom stereocenters. The molecule has 2 N–H and O–H groups in total. The molecule has 0 aliphatic heterocycles. The summed E-state index contributed by atoms with van der Waals surface area (Å²) in [4.78, 5) is 8.25. The fourth-order valence-corrected chi connectivity index (χ4v) is 2.43. The van der Waals surface area contributed by atoms with Crippen molar-refractivity contribution in [2.75, 3.05) is 7.05 Å². The molecular formula is C17H21FN4. The van der Waals surface area contributed by atoms with Crippen LogP contribution in [0.1, 0.15) is 32.3 Å². The number of aromatic nitrogens is 2. The lowest BCUT2D eigenvalue weighted by Gasteiger charge is -2.19. The lowest BCUT2D eigenvalue weighted by Crippen LogP contribution is -2.18. The van der Waals surface area contributed by atoms with E-state index in [1.54, 1.807) is 12.2 Å². The summed E-state index contributed by atoms with van der Waals surface area (Å²) in [6, 6.07) is 0. The van der Waals surface area contributed by atoms with E-state index in [1.165, 1.54) is 6.20 Å². The molecule has 1 aliphatic rings. The van der Waals surface area contributed by atoms with Gasteiger partial charge >= 0.3 is 0 Å². The third kappa shape index (κ3) is 3.13. The van der Waals surface area contributed by atoms with Crippen molar-refractivity contribution in [3.8, 4) is 0 Å². The van der Waals surface area contributed by atoms with Gasteiger partial charge in [-0.1, -0.05) is 26.8 Å². The van der Waals surface area contributed by atoms with E-state index in [1.807, 2.05) is 20.0 Å². The summed E-state index contributed by atoms with van der Waals surface area (Å²) in [5.41, 5.74) is 3.08. The van der Waals surface area contributed by atoms with E-state index in [2.05, 4.69) is 29.1 Å². The van der Waals surface area contributed by atoms with Gasteiger partial charge in [-0.05, 0) is 18.1 Å². The van der Waals surface area contributed by atoms with Crippen LogP contribution in [-0.4, -0.2) is 22.7 Å². The van der Waals surface area contributed by atoms with E-state index in [-0.39, 0.29) is 11.6 Å². The average Bonchev–Trinajstić information content (AvgIpc) is 2.50. The Bertz CT molecular complexity index is 684. The van der Waals surface area contributed by atoms with Gasteiger partial charge in [0.05, 0.1) is 11.9 Å². The maximum Gasteiger partial charge on any atom is 0.167 e. The standard InChI is InChI=1S/C17H21FN4/c1-5-15-21-9-13(18)17(22-15)11-6-7-14(19)12(8-11)16(20-4)10(2)3/h6-10,19-20H,5H2,1-4H3/b16-12-,19-14?. The lowest BCUT2D eigenvalue weighted by molar-refractivity contribution is 0.604. The normalized spacial score (nSPS) is 16.8. The fraction of sp³-hybridized carbons (Fsp3) is 0.353. The predicted molar refractivity (Wildman–Crippen MR) is 87.1 cm³/mol. The van der Waals surface area contributed by atoms with Crippen LogP contribution < -0.4 is 5.32 Å². The Kier molecular flexibility index (Phi) is 4.85. The van der Waals surface area contributed by atoms with Crippen molar-refractivity contribution >= 4 is 11.3 Å². The number of aryl methyl sites for hydroxylation is 1. The summed E-state index contributed by atoms with van der Waals surface area (Å²) in [5, 5.41) is 11.2. The molecule has 0 atom stereocenters. The van der Waals surface area contributed by atoms with Crippen molar-refractivity contribution in [3.63, 3.8) is 0 Å². The maximum absolute atomic E-state index is 14.1. The average molecular weight is 300 g/mol. The Labute approximate surface area is 130 Å². The smallest absolute Gasteiger partial charge is 0.167 e. The number of halogens is 1. The molecular weight excluding hydrogens is 279 g/mol. The number of hydrogen-bond donors (Lipinski definition) is 2. The van der Waals surface area contributed by atoms with Crippen molar-refractivity contribution in [3.05, 3.63) is 53.0 Å². The molecule has 0 fully saturated rings. The number of nitrogens with zero attached hydrogens (tertiary/aromatic N) is 2. The van der Waals surface area contributed by atoms with Gasteiger partial charge in [-0.15, -0.1) is 0 Å². The third-order valence-corrected chi connectivity index (χ3v) is 3.54. The molecule has 0 radical (unpaired) electrons. The SMILES string of the molecule is CCc1ncc(F)c(C2=C/C(=C(/NC)C(C)C)C(=N)C=C2)n1. The first-order valence-corrected chi connectivity index (χ1v) is 7.40. The molecule has 4 nitrogen and oxygen atoms in total. The first-order valence-electron chi connectivity index (χ1n) is 7.40. The van der Waals surface area contributed by atoms with E-state index in [0.717, 1.165) is 11.3 Å². The maximum atomic E-state index is 14.1. The summed E-state index contributed by atoms with van der Waals surface area (Å²) in [6.07, 6.45) is 7.08. The minimum Gasteiger partial charge on any atom is -0.391 e. The highest BCUT2D eigenvalue weighted by molar-refractivity contribution is 6.13. The van der Waals surface area contributed by atoms with Gasteiger partial charge in [-0.3, -0.25) is 0 Å². The predicted octanol–water partition coefficient (Wildman–Crippen LogP) is 3.28. The lowest BCUT2D eigenvalue weighted by atomic mass is 9.93. The van der Waals surface area contributed by atoms with Crippen LogP contribution in [-0.2, 0) is 6.42 Å². The Hall–Kier alpha value is -2.30. The summed E-state index contributed by atoms with van der Waals surface area (Å²) in [6.45, 7) is 6.04. The fourth-order valence-electron chi connectivity index (χ4n) is 2.43. The summed E-state index contributed by atoms with van der Waals surface area (Å²) >= 11 is 0. The highest BCUT2D eigenvalue weighted by Gasteiger charge is 2.18. The highest BCUT2D eigenvalue weighted by atomic mass is 19.1. The summed E-state index contributed by atoms with van der Waals surface area (Å²) in [5.74, 6) is 0.400. The van der Waals surface area contributed by atoms with Crippen LogP contribution in [0.5, 0.6) is 0 Å². The first kappa shape index (κ1) is 16.1. The molecule has 22 heavy (non-hydrogen) atoms. The van der Waals surface area contributed by atoms with Crippen LogP contribution in [0.3, 0.4) is 0 Å². The van der Waals surface area contributed by atoms with Crippen molar-refractivity contribution in [2.45, 2.75) is 27.2 Å². The Morgan fingerprint density at radius 1 is 1.36 bits per heavy atom. The molecule has 1 heterocycles. The second kappa shape index (κ2) is 6.64. The van der Waals surface area contributed by atoms with Crippen molar-refractivity contribution < 1.29 is 4.39 Å². The minimum atomic E-state index is -0.448. The van der Waals surface area contributed by atoms with E-state index >= 15 is 0 Å². The topological polar surface area (TPSA) is 61.7 Å². The largest absolute Gasteiger partial charge is 0.391 e. The monoisotopic (exact) mass is 300 g/mol. The molecule has 5 heteroatoms. The number of hydrogen-bond acceptors (Lipinski definition) is 4. The third-order valence-electron chi connectivity index (χ3n) is 3.54. The van der Waals surface area contributed by atoms with Crippen molar-refractivity contribution in [1.29, 1.82) is 5.41 Å². The summed E-state index contributed by atoms with van der Waals surface area (Å²) in [7, 11) is 1.84. The van der Waals surface area contributed by atoms with Crippen LogP contribution in [0.25, 0.3) is 5.57 Å². The summed E-state index contributed by atoms with van der Waals surface area (Å²) < 4.78 is 14.1. The molecule has 0 saturated carbocycles. The van der Waals surface area contributed by atoms with Gasteiger partial charge in [0.15, 0.2) is 5.82 Å². The van der Waals surface area contributed by atoms with Crippen LogP contribution in [0, 0.1) is 17.1 Å². The van der Waals surface area contributed by atoms with Gasteiger partial charge in [0.25, 0.3) is 0 Å². The minimum absolute atomic E-state index is 0.241. The quantitative estimate of drug-likeness (QED) is 0.897. The number of nitrogens with one attached hydrogen (secondary N) is 2. The van der Waals surface area contributed by atoms with Gasteiger partial charge in [0.2, 0.25) is 0 Å². The Morgan fingerprint density at radius 3 is 2.68 bits per heavy atom. The van der Waals surface area contributed by atoms with Crippen LogP contribution in [0.2, 0.25) is 0 Å². The van der Waals surface area contributed by atoms with Crippen LogP contribution >= 0.6 is 0 Å². The molecule has 1 aromatic rings. The molecule has 1 aliphatic carbocycles. The molecule has 0 bridgehead atoms. The number of rotatable bonds is 4. The van der Waals surface area contributed by atoms with E-state index in [4.69, 9.17) is 5.41 Å². The van der Waals surface area contributed by atoms with Gasteiger partial charge in [0.1, 0.15) is 11.5 Å². The van der Waals surface area contributed by atoms with Crippen LogP contribution in [0.15, 0.2) is 35.7 Å². The van der Waals surface area contributed by atoms with Gasteiger partial charge < -0.3 is 10.7 Å². The van der Waals surface area contributed by atoms with E-state index in [9.17, 15) is 4.39 Å². The molecule has 0 aromatic carbocycles. The highest BCUT2D eigenvalue weighted by Crippen LogP contribution is 2.26. The van der Waals surface area contributed by atoms with Gasteiger partial charge in [-0.25, -0.2) is 14.4 Å². The second-order valence-electron chi connectivity index (χ2n) is 5.42. The Morgan fingerprint density at radius 2 is 2.09 bits per heavy atom. The zero-order valence-electron chi connectivity index (χ0n) is 13.4. The second-order valence-corrected chi connectivity index (χ2v) is 5.42. The zero-order valence-corrected chi connectivity index (χ0v) is 13.4.